The molecule has 2 aromatic carbocycles. The molecule has 0 spiro atoms. The van der Waals surface area contributed by atoms with E-state index in [0.717, 1.165) is 54.7 Å². The van der Waals surface area contributed by atoms with Gasteiger partial charge in [-0.05, 0) is 30.8 Å². The van der Waals surface area contributed by atoms with Crippen LogP contribution in [0.2, 0.25) is 5.02 Å². The van der Waals surface area contributed by atoms with Gasteiger partial charge < -0.3 is 15.1 Å². The number of aromatic nitrogens is 1. The fraction of sp³-hybridized carbons (Fsp3) is 0.273. The molecule has 29 heavy (non-hydrogen) atoms. The lowest BCUT2D eigenvalue weighted by molar-refractivity contribution is 0.102. The van der Waals surface area contributed by atoms with Crippen LogP contribution in [0.15, 0.2) is 53.9 Å². The van der Waals surface area contributed by atoms with Crippen molar-refractivity contribution in [2.45, 2.75) is 6.92 Å². The van der Waals surface area contributed by atoms with E-state index in [1.54, 1.807) is 5.38 Å². The second-order valence-electron chi connectivity index (χ2n) is 6.94. The predicted molar refractivity (Wildman–Crippen MR) is 121 cm³/mol. The summed E-state index contributed by atoms with van der Waals surface area (Å²) >= 11 is 7.51. The Bertz CT molecular complexity index is 998. The van der Waals surface area contributed by atoms with Crippen LogP contribution in [-0.4, -0.2) is 48.5 Å². The fourth-order valence-corrected chi connectivity index (χ4v) is 4.47. The van der Waals surface area contributed by atoms with Crippen molar-refractivity contribution in [1.82, 2.24) is 9.88 Å². The molecule has 0 radical (unpaired) electrons. The molecule has 1 aromatic heterocycles. The van der Waals surface area contributed by atoms with Crippen LogP contribution in [-0.2, 0) is 0 Å². The number of thiazole rings is 1. The Kier molecular flexibility index (Phi) is 6.13. The molecule has 7 heteroatoms. The number of halogens is 1. The largest absolute Gasteiger partial charge is 0.367 e. The third-order valence-corrected chi connectivity index (χ3v) is 6.25. The van der Waals surface area contributed by atoms with Gasteiger partial charge in [0.05, 0.1) is 11.4 Å². The van der Waals surface area contributed by atoms with Gasteiger partial charge in [-0.1, -0.05) is 42.8 Å². The molecule has 3 aromatic rings. The summed E-state index contributed by atoms with van der Waals surface area (Å²) < 4.78 is 0. The van der Waals surface area contributed by atoms with Crippen molar-refractivity contribution in [2.75, 3.05) is 42.9 Å². The fourth-order valence-electron chi connectivity index (χ4n) is 3.48. The molecule has 0 aliphatic carbocycles. The highest BCUT2D eigenvalue weighted by molar-refractivity contribution is 7.13. The van der Waals surface area contributed by atoms with Crippen molar-refractivity contribution in [3.05, 3.63) is 64.6 Å². The summed E-state index contributed by atoms with van der Waals surface area (Å²) in [6.45, 7) is 7.24. The van der Waals surface area contributed by atoms with Gasteiger partial charge in [0.1, 0.15) is 10.7 Å². The van der Waals surface area contributed by atoms with Crippen LogP contribution in [0.25, 0.3) is 10.6 Å². The number of rotatable bonds is 5. The Hall–Kier alpha value is -2.41. The van der Waals surface area contributed by atoms with Crippen LogP contribution >= 0.6 is 22.9 Å². The predicted octanol–water partition coefficient (Wildman–Crippen LogP) is 4.86. The number of benzene rings is 2. The minimum Gasteiger partial charge on any atom is -0.367 e. The molecule has 1 saturated heterocycles. The maximum Gasteiger partial charge on any atom is 0.275 e. The number of amides is 1. The second kappa shape index (κ2) is 8.95. The molecule has 0 saturated carbocycles. The van der Waals surface area contributed by atoms with E-state index >= 15 is 0 Å². The van der Waals surface area contributed by atoms with Gasteiger partial charge in [-0.15, -0.1) is 11.3 Å². The summed E-state index contributed by atoms with van der Waals surface area (Å²) in [5.41, 5.74) is 3.20. The topological polar surface area (TPSA) is 48.5 Å². The van der Waals surface area contributed by atoms with Crippen molar-refractivity contribution >= 4 is 40.2 Å². The molecule has 5 nitrogen and oxygen atoms in total. The number of carbonyl (C=O) groups excluding carboxylic acids is 1. The van der Waals surface area contributed by atoms with Crippen molar-refractivity contribution in [1.29, 1.82) is 0 Å². The van der Waals surface area contributed by atoms with Crippen molar-refractivity contribution in [3.63, 3.8) is 0 Å². The van der Waals surface area contributed by atoms with Crippen molar-refractivity contribution in [3.8, 4) is 10.6 Å². The molecule has 0 bridgehead atoms. The van der Waals surface area contributed by atoms with Gasteiger partial charge in [0.15, 0.2) is 0 Å². The van der Waals surface area contributed by atoms with Crippen molar-refractivity contribution < 1.29 is 4.79 Å². The first kappa shape index (κ1) is 19.9. The number of para-hydroxylation sites is 2. The summed E-state index contributed by atoms with van der Waals surface area (Å²) in [5.74, 6) is -0.200. The zero-order chi connectivity index (χ0) is 20.2. The van der Waals surface area contributed by atoms with E-state index in [0.29, 0.717) is 10.7 Å². The molecule has 4 rings (SSSR count). The molecule has 150 valence electrons. The highest BCUT2D eigenvalue weighted by Crippen LogP contribution is 2.29. The van der Waals surface area contributed by atoms with Crippen LogP contribution in [0.1, 0.15) is 17.4 Å². The van der Waals surface area contributed by atoms with E-state index in [-0.39, 0.29) is 5.91 Å². The zero-order valence-corrected chi connectivity index (χ0v) is 17.8. The number of piperazine rings is 1. The minimum atomic E-state index is -0.200. The Morgan fingerprint density at radius 3 is 2.69 bits per heavy atom. The van der Waals surface area contributed by atoms with Crippen LogP contribution < -0.4 is 10.2 Å². The molecule has 2 heterocycles. The summed E-state index contributed by atoms with van der Waals surface area (Å²) in [5, 5.41) is 6.27. The minimum absolute atomic E-state index is 0.200. The molecule has 1 amide bonds. The lowest BCUT2D eigenvalue weighted by Gasteiger charge is -2.36. The maximum absolute atomic E-state index is 12.8. The molecule has 0 unspecified atom stereocenters. The molecule has 1 aliphatic heterocycles. The summed E-state index contributed by atoms with van der Waals surface area (Å²) in [4.78, 5) is 22.1. The average molecular weight is 427 g/mol. The standard InChI is InChI=1S/C22H23ClN4OS/c1-2-26-10-12-27(13-11-26)20-9-4-3-8-18(20)24-21(28)19-15-29-22(25-19)16-6-5-7-17(23)14-16/h3-9,14-15H,2,10-13H2,1H3,(H,24,28). The first-order valence-corrected chi connectivity index (χ1v) is 11.0. The van der Waals surface area contributed by atoms with Crippen molar-refractivity contribution in [2.24, 2.45) is 0 Å². The van der Waals surface area contributed by atoms with Gasteiger partial charge in [-0.3, -0.25) is 4.79 Å². The highest BCUT2D eigenvalue weighted by Gasteiger charge is 2.20. The third-order valence-electron chi connectivity index (χ3n) is 5.12. The number of likely N-dealkylation sites (N-methyl/N-ethyl adjacent to an activating group) is 1. The quantitative estimate of drug-likeness (QED) is 0.633. The van der Waals surface area contributed by atoms with Gasteiger partial charge >= 0.3 is 0 Å². The van der Waals surface area contributed by atoms with E-state index in [4.69, 9.17) is 11.6 Å². The monoisotopic (exact) mass is 426 g/mol. The lowest BCUT2D eigenvalue weighted by atomic mass is 10.2. The Balaban J connectivity index is 1.50. The number of anilines is 2. The number of nitrogens with one attached hydrogen (secondary N) is 1. The number of hydrogen-bond donors (Lipinski definition) is 1. The second-order valence-corrected chi connectivity index (χ2v) is 8.24. The van der Waals surface area contributed by atoms with Gasteiger partial charge in [-0.2, -0.15) is 0 Å². The van der Waals surface area contributed by atoms with Crippen LogP contribution in [0, 0.1) is 0 Å². The molecular formula is C22H23ClN4OS. The molecular weight excluding hydrogens is 404 g/mol. The summed E-state index contributed by atoms with van der Waals surface area (Å²) in [6, 6.07) is 15.5. The first-order chi connectivity index (χ1) is 14.1. The smallest absolute Gasteiger partial charge is 0.275 e. The van der Waals surface area contributed by atoms with Gasteiger partial charge in [0.25, 0.3) is 5.91 Å². The number of hydrogen-bond acceptors (Lipinski definition) is 5. The first-order valence-electron chi connectivity index (χ1n) is 9.73. The molecule has 1 fully saturated rings. The molecule has 1 N–H and O–H groups in total. The third kappa shape index (κ3) is 4.61. The molecule has 0 atom stereocenters. The van der Waals surface area contributed by atoms with Crippen LogP contribution in [0.5, 0.6) is 0 Å². The number of nitrogens with zero attached hydrogens (tertiary/aromatic N) is 3. The van der Waals surface area contributed by atoms with Crippen LogP contribution in [0.3, 0.4) is 0 Å². The molecule has 1 aliphatic rings. The van der Waals surface area contributed by atoms with E-state index in [1.165, 1.54) is 11.3 Å². The van der Waals surface area contributed by atoms with E-state index < -0.39 is 0 Å². The Morgan fingerprint density at radius 2 is 1.93 bits per heavy atom. The van der Waals surface area contributed by atoms with E-state index in [2.05, 4.69) is 33.1 Å². The summed E-state index contributed by atoms with van der Waals surface area (Å²) in [7, 11) is 0. The van der Waals surface area contributed by atoms with E-state index in [9.17, 15) is 4.79 Å². The highest BCUT2D eigenvalue weighted by atomic mass is 35.5. The van der Waals surface area contributed by atoms with Crippen LogP contribution in [0.4, 0.5) is 11.4 Å². The SMILES string of the molecule is CCN1CCN(c2ccccc2NC(=O)c2csc(-c3cccc(Cl)c3)n2)CC1. The normalized spacial score (nSPS) is 14.8. The summed E-state index contributed by atoms with van der Waals surface area (Å²) in [6.07, 6.45) is 0. The maximum atomic E-state index is 12.8. The van der Waals surface area contributed by atoms with E-state index in [1.807, 2.05) is 42.5 Å². The number of carbonyl (C=O) groups is 1. The lowest BCUT2D eigenvalue weighted by Crippen LogP contribution is -2.46. The Morgan fingerprint density at radius 1 is 1.14 bits per heavy atom. The van der Waals surface area contributed by atoms with Gasteiger partial charge in [0.2, 0.25) is 0 Å². The zero-order valence-electron chi connectivity index (χ0n) is 16.3. The van der Waals surface area contributed by atoms with Gasteiger partial charge in [-0.25, -0.2) is 4.98 Å². The average Bonchev–Trinajstić information content (AvgIpc) is 3.25. The van der Waals surface area contributed by atoms with Gasteiger partial charge in [0, 0.05) is 42.1 Å². The Labute approximate surface area is 179 Å².